The summed E-state index contributed by atoms with van der Waals surface area (Å²) in [5.41, 5.74) is -3.59. The van der Waals surface area contributed by atoms with Gasteiger partial charge in [-0.25, -0.2) is 8.78 Å². The van der Waals surface area contributed by atoms with Crippen LogP contribution in [0.1, 0.15) is 20.8 Å². The summed E-state index contributed by atoms with van der Waals surface area (Å²) in [6.07, 6.45) is -2.87. The van der Waals surface area contributed by atoms with Crippen molar-refractivity contribution in [1.82, 2.24) is 4.90 Å². The Morgan fingerprint density at radius 3 is 2.23 bits per heavy atom. The molecule has 1 aliphatic rings. The molecule has 1 aliphatic heterocycles. The number of halogens is 5. The minimum absolute atomic E-state index is 0.159. The van der Waals surface area contributed by atoms with E-state index >= 15 is 0 Å². The average Bonchev–Trinajstić information content (AvgIpc) is 2.83. The number of hydrogen-bond acceptors (Lipinski definition) is 4. The van der Waals surface area contributed by atoms with Crippen molar-refractivity contribution in [2.45, 2.75) is 32.5 Å². The Morgan fingerprint density at radius 2 is 1.77 bits per heavy atom. The Bertz CT molecular complexity index is 1060. The van der Waals surface area contributed by atoms with Crippen LogP contribution in [0.4, 0.5) is 27.6 Å². The molecule has 164 valence electrons. The molecule has 0 spiro atoms. The van der Waals surface area contributed by atoms with Crippen LogP contribution in [-0.2, 0) is 4.79 Å². The number of benzene rings is 1. The number of nitriles is 1. The van der Waals surface area contributed by atoms with Crippen molar-refractivity contribution in [1.29, 1.82) is 5.26 Å². The number of thiocarbonyl (C=S) groups is 1. The second-order valence-corrected chi connectivity index (χ2v) is 7.41. The highest BCUT2D eigenvalue weighted by molar-refractivity contribution is 7.80. The van der Waals surface area contributed by atoms with E-state index in [-0.39, 0.29) is 16.5 Å². The lowest BCUT2D eigenvalue weighted by molar-refractivity contribution is -0.128. The molecule has 1 saturated heterocycles. The fraction of sp³-hybridized carbons (Fsp3) is 0.250. The van der Waals surface area contributed by atoms with Gasteiger partial charge in [-0.05, 0) is 45.1 Å². The molecule has 1 fully saturated rings. The summed E-state index contributed by atoms with van der Waals surface area (Å²) in [5.74, 6) is -4.41. The van der Waals surface area contributed by atoms with E-state index < -0.39 is 46.2 Å². The van der Waals surface area contributed by atoms with E-state index in [1.54, 1.807) is 0 Å². The highest BCUT2D eigenvalue weighted by atomic mass is 32.1. The van der Waals surface area contributed by atoms with Crippen LogP contribution in [-0.4, -0.2) is 32.7 Å². The number of rotatable bonds is 4. The van der Waals surface area contributed by atoms with Crippen molar-refractivity contribution in [3.8, 4) is 11.8 Å². The quantitative estimate of drug-likeness (QED) is 0.303. The van der Waals surface area contributed by atoms with Gasteiger partial charge < -0.3 is 10.0 Å². The maximum Gasteiger partial charge on any atom is 0.413 e. The van der Waals surface area contributed by atoms with Crippen molar-refractivity contribution in [2.75, 3.05) is 4.90 Å². The van der Waals surface area contributed by atoms with Gasteiger partial charge in [0, 0.05) is 23.4 Å². The number of allylic oxidation sites excluding steroid dienone is 4. The highest BCUT2D eigenvalue weighted by Crippen LogP contribution is 2.38. The van der Waals surface area contributed by atoms with Gasteiger partial charge in [-0.15, -0.1) is 0 Å². The molecule has 1 N–H and O–H groups in total. The van der Waals surface area contributed by atoms with Crippen LogP contribution in [0.15, 0.2) is 47.7 Å². The average molecular weight is 457 g/mol. The van der Waals surface area contributed by atoms with Gasteiger partial charge in [0.25, 0.3) is 5.91 Å². The molecule has 11 heteroatoms. The number of aromatic hydroxyl groups is 1. The van der Waals surface area contributed by atoms with Crippen LogP contribution in [0.3, 0.4) is 0 Å². The summed E-state index contributed by atoms with van der Waals surface area (Å²) in [5, 5.41) is 18.0. The van der Waals surface area contributed by atoms with Gasteiger partial charge in [0.1, 0.15) is 5.54 Å². The van der Waals surface area contributed by atoms with Crippen molar-refractivity contribution >= 4 is 28.9 Å². The summed E-state index contributed by atoms with van der Waals surface area (Å²) in [6.45, 7) is 7.17. The number of anilines is 1. The van der Waals surface area contributed by atoms with Crippen LogP contribution in [0.2, 0.25) is 0 Å². The van der Waals surface area contributed by atoms with Crippen molar-refractivity contribution in [3.63, 3.8) is 0 Å². The van der Waals surface area contributed by atoms with E-state index in [9.17, 15) is 31.9 Å². The van der Waals surface area contributed by atoms with E-state index in [4.69, 9.17) is 17.5 Å². The Kier molecular flexibility index (Phi) is 6.28. The van der Waals surface area contributed by atoms with Gasteiger partial charge in [0.2, 0.25) is 0 Å². The molecule has 1 heterocycles. The fourth-order valence-electron chi connectivity index (χ4n) is 2.82. The molecule has 0 radical (unpaired) electrons. The van der Waals surface area contributed by atoms with Gasteiger partial charge in [-0.2, -0.15) is 18.4 Å². The third kappa shape index (κ3) is 4.29. The van der Waals surface area contributed by atoms with Crippen LogP contribution in [0, 0.1) is 23.0 Å². The molecular weight excluding hydrogens is 441 g/mol. The van der Waals surface area contributed by atoms with E-state index in [2.05, 4.69) is 6.58 Å². The summed E-state index contributed by atoms with van der Waals surface area (Å²) >= 11 is 5.26. The number of phenols is 1. The Morgan fingerprint density at radius 1 is 1.26 bits per heavy atom. The standard InChI is InChI=1S/C20H16F5N3O2S/c1-10(5-6-12(9-26)11(2)20(23,24)25)27-17(30)19(3,4)28(18(27)31)13-7-14(21)16(29)15(22)8-13/h5-8,29H,1H2,2-4H3/b6-5-,12-11-. The molecule has 5 nitrogen and oxygen atoms in total. The molecule has 0 saturated carbocycles. The molecule has 0 atom stereocenters. The normalized spacial score (nSPS) is 17.3. The largest absolute Gasteiger partial charge is 0.503 e. The van der Waals surface area contributed by atoms with Crippen LogP contribution in [0.5, 0.6) is 5.75 Å². The van der Waals surface area contributed by atoms with Crippen molar-refractivity contribution in [2.24, 2.45) is 0 Å². The van der Waals surface area contributed by atoms with Crippen LogP contribution < -0.4 is 4.90 Å². The number of carbonyl (C=O) groups excluding carboxylic acids is 1. The van der Waals surface area contributed by atoms with Gasteiger partial charge in [0.15, 0.2) is 22.5 Å². The molecule has 31 heavy (non-hydrogen) atoms. The van der Waals surface area contributed by atoms with E-state index in [0.29, 0.717) is 0 Å². The summed E-state index contributed by atoms with van der Waals surface area (Å²) in [4.78, 5) is 14.9. The molecule has 2 rings (SSSR count). The molecule has 1 aromatic carbocycles. The minimum atomic E-state index is -4.72. The smallest absolute Gasteiger partial charge is 0.413 e. The number of carbonyl (C=O) groups is 1. The first kappa shape index (κ1) is 24.0. The zero-order valence-electron chi connectivity index (χ0n) is 16.5. The second-order valence-electron chi connectivity index (χ2n) is 7.05. The number of amides is 1. The molecule has 0 aliphatic carbocycles. The predicted molar refractivity (Wildman–Crippen MR) is 107 cm³/mol. The van der Waals surface area contributed by atoms with Gasteiger partial charge in [0.05, 0.1) is 17.3 Å². The number of hydrogen-bond donors (Lipinski definition) is 1. The van der Waals surface area contributed by atoms with Crippen molar-refractivity contribution in [3.05, 3.63) is 59.3 Å². The number of nitrogens with zero attached hydrogens (tertiary/aromatic N) is 3. The Hall–Kier alpha value is -3.26. The second kappa shape index (κ2) is 8.11. The predicted octanol–water partition coefficient (Wildman–Crippen LogP) is 4.85. The maximum absolute atomic E-state index is 13.8. The SMILES string of the molecule is C=C(/C=C\C(C#N)=C(/C)C(F)(F)F)N1C(=O)C(C)(C)N(c2cc(F)c(O)c(F)c2)C1=S. The fourth-order valence-corrected chi connectivity index (χ4v) is 3.35. The first-order chi connectivity index (χ1) is 14.1. The lowest BCUT2D eigenvalue weighted by Gasteiger charge is -2.29. The number of alkyl halides is 3. The Labute approximate surface area is 180 Å². The lowest BCUT2D eigenvalue weighted by Crippen LogP contribution is -2.44. The zero-order valence-corrected chi connectivity index (χ0v) is 17.3. The maximum atomic E-state index is 13.8. The highest BCUT2D eigenvalue weighted by Gasteiger charge is 2.50. The lowest BCUT2D eigenvalue weighted by atomic mass is 10.0. The van der Waals surface area contributed by atoms with E-state index in [1.807, 2.05) is 0 Å². The molecular formula is C20H16F5N3O2S. The van der Waals surface area contributed by atoms with Crippen LogP contribution >= 0.6 is 12.2 Å². The molecule has 0 bridgehead atoms. The van der Waals surface area contributed by atoms with Crippen LogP contribution in [0.25, 0.3) is 0 Å². The summed E-state index contributed by atoms with van der Waals surface area (Å²) < 4.78 is 66.2. The van der Waals surface area contributed by atoms with Gasteiger partial charge in [-0.1, -0.05) is 6.58 Å². The first-order valence-electron chi connectivity index (χ1n) is 8.56. The summed E-state index contributed by atoms with van der Waals surface area (Å²) in [6, 6.07) is 2.99. The summed E-state index contributed by atoms with van der Waals surface area (Å²) in [7, 11) is 0. The van der Waals surface area contributed by atoms with Gasteiger partial charge >= 0.3 is 6.18 Å². The van der Waals surface area contributed by atoms with Gasteiger partial charge in [-0.3, -0.25) is 9.69 Å². The monoisotopic (exact) mass is 457 g/mol. The third-order valence-electron chi connectivity index (χ3n) is 4.61. The molecule has 1 aromatic rings. The molecule has 0 unspecified atom stereocenters. The third-order valence-corrected chi connectivity index (χ3v) is 4.97. The minimum Gasteiger partial charge on any atom is -0.503 e. The molecule has 0 aromatic heterocycles. The van der Waals surface area contributed by atoms with E-state index in [0.717, 1.165) is 41.0 Å². The topological polar surface area (TPSA) is 67.6 Å². The molecule has 1 amide bonds. The number of phenolic OH excluding ortho intramolecular Hbond substituents is 1. The first-order valence-corrected chi connectivity index (χ1v) is 8.97. The Balaban J connectivity index is 2.46. The van der Waals surface area contributed by atoms with Crippen molar-refractivity contribution < 1.29 is 31.9 Å². The van der Waals surface area contributed by atoms with E-state index in [1.165, 1.54) is 19.9 Å². The zero-order chi connectivity index (χ0) is 23.9.